The van der Waals surface area contributed by atoms with E-state index in [0.717, 1.165) is 0 Å². The zero-order chi connectivity index (χ0) is 22.4. The minimum absolute atomic E-state index is 0.0133. The van der Waals surface area contributed by atoms with E-state index in [2.05, 4.69) is 10.6 Å². The largest absolute Gasteiger partial charge is 0.438 e. The number of nitrogens with one attached hydrogen (secondary N) is 2. The van der Waals surface area contributed by atoms with Crippen LogP contribution in [0.2, 0.25) is 0 Å². The molecule has 0 bridgehead atoms. The van der Waals surface area contributed by atoms with Gasteiger partial charge in [0.1, 0.15) is 5.82 Å². The van der Waals surface area contributed by atoms with Gasteiger partial charge in [-0.05, 0) is 35.4 Å². The molecule has 2 unspecified atom stereocenters. The molecule has 3 amide bonds. The molecule has 9 heteroatoms. The molecule has 2 N–H and O–H groups in total. The SMILES string of the molecule is COCCNC(=O)C1C(c2ccc(NC(C)=O)cc2)OC(=O)N1Cc1cccc(F)c1. The average molecular weight is 429 g/mol. The van der Waals surface area contributed by atoms with Crippen molar-refractivity contribution in [2.45, 2.75) is 25.6 Å². The van der Waals surface area contributed by atoms with Crippen molar-refractivity contribution >= 4 is 23.6 Å². The van der Waals surface area contributed by atoms with E-state index >= 15 is 0 Å². The molecule has 0 radical (unpaired) electrons. The first-order valence-electron chi connectivity index (χ1n) is 9.75. The quantitative estimate of drug-likeness (QED) is 0.629. The molecule has 0 saturated carbocycles. The maximum atomic E-state index is 13.6. The number of nitrogens with zero attached hydrogens (tertiary/aromatic N) is 1. The fraction of sp³-hybridized carbons (Fsp3) is 0.318. The third kappa shape index (κ3) is 5.58. The Morgan fingerprint density at radius 1 is 1.19 bits per heavy atom. The van der Waals surface area contributed by atoms with Gasteiger partial charge >= 0.3 is 6.09 Å². The molecule has 8 nitrogen and oxygen atoms in total. The van der Waals surface area contributed by atoms with Gasteiger partial charge in [0.05, 0.1) is 13.2 Å². The number of anilines is 1. The van der Waals surface area contributed by atoms with Crippen LogP contribution in [0.1, 0.15) is 24.2 Å². The van der Waals surface area contributed by atoms with E-state index in [-0.39, 0.29) is 19.0 Å². The Bertz CT molecular complexity index is 950. The zero-order valence-corrected chi connectivity index (χ0v) is 17.3. The lowest BCUT2D eigenvalue weighted by Gasteiger charge is -2.24. The maximum Gasteiger partial charge on any atom is 0.411 e. The number of methoxy groups -OCH3 is 1. The Hall–Kier alpha value is -3.46. The number of halogens is 1. The first-order valence-corrected chi connectivity index (χ1v) is 9.75. The van der Waals surface area contributed by atoms with E-state index in [1.165, 1.54) is 37.1 Å². The van der Waals surface area contributed by atoms with Crippen molar-refractivity contribution in [2.75, 3.05) is 25.6 Å². The van der Waals surface area contributed by atoms with Gasteiger partial charge in [0.2, 0.25) is 11.8 Å². The second-order valence-electron chi connectivity index (χ2n) is 7.09. The number of ether oxygens (including phenoxy) is 2. The smallest absolute Gasteiger partial charge is 0.411 e. The molecule has 0 aromatic heterocycles. The van der Waals surface area contributed by atoms with Crippen LogP contribution in [-0.2, 0) is 25.6 Å². The number of hydrogen-bond donors (Lipinski definition) is 2. The van der Waals surface area contributed by atoms with E-state index in [0.29, 0.717) is 23.4 Å². The Kier molecular flexibility index (Phi) is 7.19. The van der Waals surface area contributed by atoms with Crippen LogP contribution in [0.3, 0.4) is 0 Å². The van der Waals surface area contributed by atoms with Gasteiger partial charge in [0.25, 0.3) is 0 Å². The highest BCUT2D eigenvalue weighted by molar-refractivity contribution is 5.90. The zero-order valence-electron chi connectivity index (χ0n) is 17.3. The Morgan fingerprint density at radius 3 is 2.58 bits per heavy atom. The molecule has 1 heterocycles. The van der Waals surface area contributed by atoms with Crippen LogP contribution in [0.15, 0.2) is 48.5 Å². The highest BCUT2D eigenvalue weighted by Gasteiger charge is 2.46. The number of rotatable bonds is 8. The van der Waals surface area contributed by atoms with E-state index in [9.17, 15) is 18.8 Å². The number of hydrogen-bond acceptors (Lipinski definition) is 5. The number of carbonyl (C=O) groups excluding carboxylic acids is 3. The van der Waals surface area contributed by atoms with Crippen molar-refractivity contribution in [3.05, 3.63) is 65.5 Å². The summed E-state index contributed by atoms with van der Waals surface area (Å²) in [5, 5.41) is 5.40. The lowest BCUT2D eigenvalue weighted by Crippen LogP contribution is -2.47. The Labute approximate surface area is 179 Å². The van der Waals surface area contributed by atoms with Crippen molar-refractivity contribution in [1.29, 1.82) is 0 Å². The summed E-state index contributed by atoms with van der Waals surface area (Å²) in [7, 11) is 1.52. The Morgan fingerprint density at radius 2 is 1.94 bits per heavy atom. The highest BCUT2D eigenvalue weighted by atomic mass is 19.1. The van der Waals surface area contributed by atoms with Gasteiger partial charge in [0.15, 0.2) is 12.1 Å². The molecular weight excluding hydrogens is 405 g/mol. The normalized spacial score (nSPS) is 17.9. The summed E-state index contributed by atoms with van der Waals surface area (Å²) < 4.78 is 24.1. The molecule has 1 saturated heterocycles. The van der Waals surface area contributed by atoms with E-state index < -0.39 is 30.0 Å². The fourth-order valence-corrected chi connectivity index (χ4v) is 3.38. The topological polar surface area (TPSA) is 97.0 Å². The molecule has 2 aromatic rings. The second-order valence-corrected chi connectivity index (χ2v) is 7.09. The molecule has 31 heavy (non-hydrogen) atoms. The molecule has 2 aromatic carbocycles. The van der Waals surface area contributed by atoms with Crippen LogP contribution in [0.25, 0.3) is 0 Å². The van der Waals surface area contributed by atoms with Crippen molar-refractivity contribution in [2.24, 2.45) is 0 Å². The predicted octanol–water partition coefficient (Wildman–Crippen LogP) is 2.61. The van der Waals surface area contributed by atoms with Gasteiger partial charge in [-0.25, -0.2) is 9.18 Å². The summed E-state index contributed by atoms with van der Waals surface area (Å²) >= 11 is 0. The monoisotopic (exact) mass is 429 g/mol. The summed E-state index contributed by atoms with van der Waals surface area (Å²) in [6, 6.07) is 11.6. The van der Waals surface area contributed by atoms with Crippen molar-refractivity contribution in [3.8, 4) is 0 Å². The summed E-state index contributed by atoms with van der Waals surface area (Å²) in [6.07, 6.45) is -1.54. The molecule has 1 fully saturated rings. The number of benzene rings is 2. The number of amides is 3. The minimum atomic E-state index is -0.959. The van der Waals surface area contributed by atoms with E-state index in [1.807, 2.05) is 0 Å². The minimum Gasteiger partial charge on any atom is -0.438 e. The van der Waals surface area contributed by atoms with Gasteiger partial charge in [-0.3, -0.25) is 14.5 Å². The fourth-order valence-electron chi connectivity index (χ4n) is 3.38. The summed E-state index contributed by atoms with van der Waals surface area (Å²) in [5.41, 5.74) is 1.71. The standard InChI is InChI=1S/C22H24FN3O5/c1-14(27)25-18-8-6-16(7-9-18)20-19(21(28)24-10-11-30-2)26(22(29)31-20)13-15-4-3-5-17(23)12-15/h3-9,12,19-20H,10-11,13H2,1-2H3,(H,24,28)(H,25,27). The third-order valence-corrected chi connectivity index (χ3v) is 4.76. The van der Waals surface area contributed by atoms with Gasteiger partial charge in [-0.2, -0.15) is 0 Å². The van der Waals surface area contributed by atoms with Crippen LogP contribution in [-0.4, -0.2) is 49.1 Å². The third-order valence-electron chi connectivity index (χ3n) is 4.76. The van der Waals surface area contributed by atoms with Crippen LogP contribution < -0.4 is 10.6 Å². The molecule has 1 aliphatic rings. The lowest BCUT2D eigenvalue weighted by molar-refractivity contribution is -0.126. The van der Waals surface area contributed by atoms with E-state index in [4.69, 9.17) is 9.47 Å². The van der Waals surface area contributed by atoms with Gasteiger partial charge in [-0.15, -0.1) is 0 Å². The summed E-state index contributed by atoms with van der Waals surface area (Å²) in [6.45, 7) is 1.99. The molecule has 3 rings (SSSR count). The molecule has 0 spiro atoms. The van der Waals surface area contributed by atoms with Crippen LogP contribution in [0.5, 0.6) is 0 Å². The van der Waals surface area contributed by atoms with Crippen LogP contribution in [0.4, 0.5) is 14.9 Å². The maximum absolute atomic E-state index is 13.6. The van der Waals surface area contributed by atoms with Crippen molar-refractivity contribution < 1.29 is 28.2 Å². The van der Waals surface area contributed by atoms with Crippen LogP contribution in [0, 0.1) is 5.82 Å². The summed E-state index contributed by atoms with van der Waals surface area (Å²) in [4.78, 5) is 38.1. The lowest BCUT2D eigenvalue weighted by atomic mass is 10.0. The van der Waals surface area contributed by atoms with Crippen molar-refractivity contribution in [1.82, 2.24) is 10.2 Å². The van der Waals surface area contributed by atoms with Gasteiger partial charge < -0.3 is 20.1 Å². The molecule has 164 valence electrons. The number of cyclic esters (lactones) is 1. The average Bonchev–Trinajstić information content (AvgIpc) is 3.04. The second kappa shape index (κ2) is 10.0. The van der Waals surface area contributed by atoms with Gasteiger partial charge in [0, 0.05) is 26.3 Å². The molecule has 2 atom stereocenters. The first-order chi connectivity index (χ1) is 14.9. The van der Waals surface area contributed by atoms with Crippen LogP contribution >= 0.6 is 0 Å². The Balaban J connectivity index is 1.87. The van der Waals surface area contributed by atoms with Gasteiger partial charge in [-0.1, -0.05) is 24.3 Å². The van der Waals surface area contributed by atoms with E-state index in [1.54, 1.807) is 30.3 Å². The first kappa shape index (κ1) is 22.2. The predicted molar refractivity (Wildman–Crippen MR) is 111 cm³/mol. The van der Waals surface area contributed by atoms with Crippen molar-refractivity contribution in [3.63, 3.8) is 0 Å². The molecule has 1 aliphatic heterocycles. The summed E-state index contributed by atoms with van der Waals surface area (Å²) in [5.74, 6) is -1.05. The number of carbonyl (C=O) groups is 3. The highest BCUT2D eigenvalue weighted by Crippen LogP contribution is 2.34. The molecular formula is C22H24FN3O5. The molecule has 0 aliphatic carbocycles.